The fraction of sp³-hybridized carbons (Fsp3) is 0.235. The number of benzene rings is 4. The minimum atomic E-state index is -4.13. The molecule has 4 rings (SSSR count). The summed E-state index contributed by atoms with van der Waals surface area (Å²) in [6.07, 6.45) is 0.268. The van der Waals surface area contributed by atoms with Crippen molar-refractivity contribution in [1.82, 2.24) is 10.2 Å². The van der Waals surface area contributed by atoms with Crippen molar-refractivity contribution in [3.8, 4) is 0 Å². The van der Waals surface area contributed by atoms with Crippen molar-refractivity contribution in [2.45, 2.75) is 44.7 Å². The van der Waals surface area contributed by atoms with Crippen LogP contribution < -0.4 is 9.62 Å². The molecule has 0 bridgehead atoms. The Morgan fingerprint density at radius 2 is 1.37 bits per heavy atom. The van der Waals surface area contributed by atoms with Gasteiger partial charge in [0, 0.05) is 24.0 Å². The molecule has 0 spiro atoms. The molecule has 9 heteroatoms. The molecule has 0 radical (unpaired) electrons. The van der Waals surface area contributed by atoms with E-state index in [1.807, 2.05) is 87.5 Å². The van der Waals surface area contributed by atoms with E-state index in [-0.39, 0.29) is 23.8 Å². The van der Waals surface area contributed by atoms with Gasteiger partial charge in [-0.1, -0.05) is 93.8 Å². The fourth-order valence-corrected chi connectivity index (χ4v) is 6.39. The van der Waals surface area contributed by atoms with Gasteiger partial charge >= 0.3 is 0 Å². The summed E-state index contributed by atoms with van der Waals surface area (Å²) in [7, 11) is -4.13. The molecule has 0 saturated carbocycles. The molecule has 4 aromatic carbocycles. The van der Waals surface area contributed by atoms with E-state index in [0.29, 0.717) is 12.2 Å². The van der Waals surface area contributed by atoms with E-state index >= 15 is 0 Å². The van der Waals surface area contributed by atoms with Crippen LogP contribution in [0.15, 0.2) is 112 Å². The third-order valence-corrected chi connectivity index (χ3v) is 9.41. The largest absolute Gasteiger partial charge is 0.355 e. The Hall–Kier alpha value is -3.95. The topological polar surface area (TPSA) is 86.8 Å². The van der Waals surface area contributed by atoms with Crippen LogP contribution in [-0.2, 0) is 32.6 Å². The number of halogens is 1. The van der Waals surface area contributed by atoms with E-state index in [1.165, 1.54) is 4.90 Å². The Kier molecular flexibility index (Phi) is 10.8. The molecular formula is C34H36BrN3O4S. The van der Waals surface area contributed by atoms with Crippen LogP contribution in [0, 0.1) is 13.8 Å². The zero-order chi connectivity index (χ0) is 31.0. The van der Waals surface area contributed by atoms with Gasteiger partial charge in [-0.05, 0) is 68.3 Å². The van der Waals surface area contributed by atoms with Crippen molar-refractivity contribution in [3.05, 3.63) is 130 Å². The minimum absolute atomic E-state index is 0.0792. The fourth-order valence-electron chi connectivity index (χ4n) is 4.71. The number of aryl methyl sites for hydroxylation is 2. The number of sulfonamides is 1. The summed E-state index contributed by atoms with van der Waals surface area (Å²) in [5.74, 6) is -0.800. The van der Waals surface area contributed by atoms with Crippen molar-refractivity contribution < 1.29 is 18.0 Å². The standard InChI is InChI=1S/C34H36BrN3O4S/c1-4-36-34(40)32(22-27-8-6-5-7-9-27)37(23-28-14-16-29(35)17-15-28)33(39)24-38(30-18-10-25(2)11-19-30)43(41,42)31-20-12-26(3)13-21-31/h5-21,32H,4,22-24H2,1-3H3,(H,36,40)/t32-/m0/s1. The van der Waals surface area contributed by atoms with Crippen molar-refractivity contribution >= 4 is 43.5 Å². The normalized spacial score (nSPS) is 11.9. The summed E-state index contributed by atoms with van der Waals surface area (Å²) in [6, 6.07) is 29.7. The lowest BCUT2D eigenvalue weighted by Crippen LogP contribution is -2.53. The zero-order valence-electron chi connectivity index (χ0n) is 24.5. The lowest BCUT2D eigenvalue weighted by atomic mass is 10.0. The van der Waals surface area contributed by atoms with Gasteiger partial charge in [-0.15, -0.1) is 0 Å². The highest BCUT2D eigenvalue weighted by molar-refractivity contribution is 9.10. The predicted octanol–water partition coefficient (Wildman–Crippen LogP) is 6.04. The van der Waals surface area contributed by atoms with Gasteiger partial charge in [0.1, 0.15) is 12.6 Å². The quantitative estimate of drug-likeness (QED) is 0.201. The maximum Gasteiger partial charge on any atom is 0.264 e. The van der Waals surface area contributed by atoms with Crippen molar-refractivity contribution in [2.75, 3.05) is 17.4 Å². The molecule has 1 atom stereocenters. The van der Waals surface area contributed by atoms with Gasteiger partial charge in [-0.2, -0.15) is 0 Å². The van der Waals surface area contributed by atoms with Crippen molar-refractivity contribution in [2.24, 2.45) is 0 Å². The summed E-state index contributed by atoms with van der Waals surface area (Å²) in [6.45, 7) is 5.64. The van der Waals surface area contributed by atoms with Crippen LogP contribution in [0.5, 0.6) is 0 Å². The van der Waals surface area contributed by atoms with E-state index in [2.05, 4.69) is 21.2 Å². The molecule has 0 unspecified atom stereocenters. The van der Waals surface area contributed by atoms with E-state index < -0.39 is 28.5 Å². The molecule has 43 heavy (non-hydrogen) atoms. The number of hydrogen-bond donors (Lipinski definition) is 1. The number of rotatable bonds is 12. The second kappa shape index (κ2) is 14.5. The number of nitrogens with zero attached hydrogens (tertiary/aromatic N) is 2. The maximum atomic E-state index is 14.4. The number of anilines is 1. The number of carbonyl (C=O) groups excluding carboxylic acids is 2. The highest BCUT2D eigenvalue weighted by Crippen LogP contribution is 2.26. The summed E-state index contributed by atoms with van der Waals surface area (Å²) >= 11 is 3.45. The molecule has 224 valence electrons. The van der Waals surface area contributed by atoms with Crippen LogP contribution in [0.2, 0.25) is 0 Å². The highest BCUT2D eigenvalue weighted by atomic mass is 79.9. The van der Waals surface area contributed by atoms with Crippen LogP contribution >= 0.6 is 15.9 Å². The zero-order valence-corrected chi connectivity index (χ0v) is 26.9. The molecule has 0 saturated heterocycles. The van der Waals surface area contributed by atoms with Gasteiger partial charge in [-0.3, -0.25) is 13.9 Å². The molecule has 0 fully saturated rings. The number of likely N-dealkylation sites (N-methyl/N-ethyl adjacent to an activating group) is 1. The minimum Gasteiger partial charge on any atom is -0.355 e. The monoisotopic (exact) mass is 661 g/mol. The molecule has 4 aromatic rings. The smallest absolute Gasteiger partial charge is 0.264 e. The Morgan fingerprint density at radius 1 is 0.791 bits per heavy atom. The Balaban J connectivity index is 1.78. The van der Waals surface area contributed by atoms with Gasteiger partial charge < -0.3 is 10.2 Å². The average Bonchev–Trinajstić information content (AvgIpc) is 3.00. The molecule has 0 heterocycles. The molecular weight excluding hydrogens is 626 g/mol. The Morgan fingerprint density at radius 3 is 1.95 bits per heavy atom. The number of hydrogen-bond acceptors (Lipinski definition) is 4. The van der Waals surface area contributed by atoms with Crippen LogP contribution in [0.25, 0.3) is 0 Å². The van der Waals surface area contributed by atoms with Gasteiger partial charge in [-0.25, -0.2) is 8.42 Å². The lowest BCUT2D eigenvalue weighted by Gasteiger charge is -2.34. The van der Waals surface area contributed by atoms with E-state index in [1.54, 1.807) is 36.4 Å². The number of nitrogens with one attached hydrogen (secondary N) is 1. The summed E-state index contributed by atoms with van der Waals surface area (Å²) < 4.78 is 30.1. The molecule has 0 aliphatic carbocycles. The molecule has 0 aliphatic rings. The van der Waals surface area contributed by atoms with Crippen molar-refractivity contribution in [1.29, 1.82) is 0 Å². The molecule has 1 N–H and O–H groups in total. The second-order valence-electron chi connectivity index (χ2n) is 10.4. The number of amides is 2. The van der Waals surface area contributed by atoms with Crippen LogP contribution in [-0.4, -0.2) is 44.3 Å². The summed E-state index contributed by atoms with van der Waals surface area (Å²) in [4.78, 5) is 29.5. The first-order valence-electron chi connectivity index (χ1n) is 14.1. The van der Waals surface area contributed by atoms with Gasteiger partial charge in [0.25, 0.3) is 10.0 Å². The third kappa shape index (κ3) is 8.33. The average molecular weight is 663 g/mol. The van der Waals surface area contributed by atoms with Crippen LogP contribution in [0.4, 0.5) is 5.69 Å². The first-order chi connectivity index (χ1) is 20.6. The first-order valence-corrected chi connectivity index (χ1v) is 16.3. The molecule has 0 aliphatic heterocycles. The lowest BCUT2D eigenvalue weighted by molar-refractivity contribution is -0.140. The molecule has 0 aromatic heterocycles. The highest BCUT2D eigenvalue weighted by Gasteiger charge is 2.34. The van der Waals surface area contributed by atoms with Crippen LogP contribution in [0.3, 0.4) is 0 Å². The number of carbonyl (C=O) groups is 2. The van der Waals surface area contributed by atoms with E-state index in [4.69, 9.17) is 0 Å². The third-order valence-electron chi connectivity index (χ3n) is 7.10. The molecule has 2 amide bonds. The maximum absolute atomic E-state index is 14.4. The summed E-state index contributed by atoms with van der Waals surface area (Å²) in [5.41, 5.74) is 3.93. The van der Waals surface area contributed by atoms with E-state index in [0.717, 1.165) is 31.0 Å². The second-order valence-corrected chi connectivity index (χ2v) is 13.2. The molecule has 7 nitrogen and oxygen atoms in total. The van der Waals surface area contributed by atoms with Gasteiger partial charge in [0.05, 0.1) is 10.6 Å². The Labute approximate surface area is 262 Å². The summed E-state index contributed by atoms with van der Waals surface area (Å²) in [5, 5.41) is 2.88. The van der Waals surface area contributed by atoms with Crippen LogP contribution in [0.1, 0.15) is 29.2 Å². The van der Waals surface area contributed by atoms with Gasteiger partial charge in [0.2, 0.25) is 11.8 Å². The van der Waals surface area contributed by atoms with Crippen molar-refractivity contribution in [3.63, 3.8) is 0 Å². The Bertz CT molecular complexity index is 1630. The van der Waals surface area contributed by atoms with Gasteiger partial charge in [0.15, 0.2) is 0 Å². The predicted molar refractivity (Wildman–Crippen MR) is 174 cm³/mol. The van der Waals surface area contributed by atoms with E-state index in [9.17, 15) is 18.0 Å². The first kappa shape index (κ1) is 32.0. The SMILES string of the molecule is CCNC(=O)[C@H](Cc1ccccc1)N(Cc1ccc(Br)cc1)C(=O)CN(c1ccc(C)cc1)S(=O)(=O)c1ccc(C)cc1.